The summed E-state index contributed by atoms with van der Waals surface area (Å²) >= 11 is 0. The van der Waals surface area contributed by atoms with E-state index in [0.29, 0.717) is 39.7 Å². The molecule has 8 heteroatoms. The number of hydrogen-bond acceptors (Lipinski definition) is 7. The third-order valence-electron chi connectivity index (χ3n) is 5.09. The van der Waals surface area contributed by atoms with Crippen LogP contribution in [0, 0.1) is 6.92 Å². The minimum Gasteiger partial charge on any atom is -0.493 e. The van der Waals surface area contributed by atoms with Gasteiger partial charge in [0.05, 0.1) is 46.0 Å². The van der Waals surface area contributed by atoms with Crippen molar-refractivity contribution >= 4 is 16.9 Å². The average Bonchev–Trinajstić information content (AvgIpc) is 2.76. The standard InChI is InChI=1S/C25H29NO7/c1-14(2)32-19-8-7-17-15(3)9-23(28)33-24(17)18(19)13-26-22(27)12-16-10-20(29-4)25(31-6)21(11-16)30-5/h7-11,14H,12-13H2,1-6H3,(H,26,27). The zero-order valence-electron chi connectivity index (χ0n) is 19.7. The molecule has 1 N–H and O–H groups in total. The zero-order valence-corrected chi connectivity index (χ0v) is 19.7. The van der Waals surface area contributed by atoms with E-state index in [9.17, 15) is 9.59 Å². The largest absolute Gasteiger partial charge is 0.493 e. The van der Waals surface area contributed by atoms with Crippen molar-refractivity contribution in [1.82, 2.24) is 5.32 Å². The first-order valence-electron chi connectivity index (χ1n) is 10.6. The summed E-state index contributed by atoms with van der Waals surface area (Å²) in [6, 6.07) is 8.59. The summed E-state index contributed by atoms with van der Waals surface area (Å²) in [4.78, 5) is 24.8. The van der Waals surface area contributed by atoms with Crippen molar-refractivity contribution in [3.05, 3.63) is 57.4 Å². The van der Waals surface area contributed by atoms with Gasteiger partial charge in [-0.05, 0) is 56.2 Å². The number of hydrogen-bond donors (Lipinski definition) is 1. The van der Waals surface area contributed by atoms with E-state index in [4.69, 9.17) is 23.4 Å². The first-order chi connectivity index (χ1) is 15.8. The highest BCUT2D eigenvalue weighted by atomic mass is 16.5. The number of benzene rings is 2. The number of rotatable bonds is 9. The highest BCUT2D eigenvalue weighted by molar-refractivity contribution is 5.86. The maximum Gasteiger partial charge on any atom is 0.336 e. The molecule has 0 saturated carbocycles. The van der Waals surface area contributed by atoms with Gasteiger partial charge in [-0.1, -0.05) is 0 Å². The SMILES string of the molecule is COc1cc(CC(=O)NCc2c(OC(C)C)ccc3c(C)cc(=O)oc23)cc(OC)c1OC. The molecule has 0 atom stereocenters. The molecule has 33 heavy (non-hydrogen) atoms. The van der Waals surface area contributed by atoms with Crippen LogP contribution in [0.3, 0.4) is 0 Å². The second kappa shape index (κ2) is 10.3. The number of nitrogens with one attached hydrogen (secondary N) is 1. The molecule has 0 bridgehead atoms. The number of aryl methyl sites for hydroxylation is 1. The van der Waals surface area contributed by atoms with E-state index >= 15 is 0 Å². The van der Waals surface area contributed by atoms with Crippen molar-refractivity contribution in [1.29, 1.82) is 0 Å². The lowest BCUT2D eigenvalue weighted by Crippen LogP contribution is -2.25. The predicted octanol–water partition coefficient (Wildman–Crippen LogP) is 3.77. The van der Waals surface area contributed by atoms with E-state index in [1.807, 2.05) is 32.9 Å². The first-order valence-corrected chi connectivity index (χ1v) is 10.6. The summed E-state index contributed by atoms with van der Waals surface area (Å²) in [6.07, 6.45) is -0.00201. The molecule has 1 heterocycles. The van der Waals surface area contributed by atoms with Crippen LogP contribution in [-0.4, -0.2) is 33.3 Å². The predicted molar refractivity (Wildman–Crippen MR) is 125 cm³/mol. The summed E-state index contributed by atoms with van der Waals surface area (Å²) in [6.45, 7) is 5.79. The number of carbonyl (C=O) groups excluding carboxylic acids is 1. The monoisotopic (exact) mass is 455 g/mol. The van der Waals surface area contributed by atoms with Gasteiger partial charge in [-0.2, -0.15) is 0 Å². The van der Waals surface area contributed by atoms with Crippen LogP contribution < -0.4 is 29.9 Å². The Morgan fingerprint density at radius 3 is 2.24 bits per heavy atom. The summed E-state index contributed by atoms with van der Waals surface area (Å²) in [5.41, 5.74) is 2.06. The van der Waals surface area contributed by atoms with Gasteiger partial charge in [0.15, 0.2) is 11.5 Å². The van der Waals surface area contributed by atoms with Gasteiger partial charge in [0.1, 0.15) is 11.3 Å². The number of amides is 1. The smallest absolute Gasteiger partial charge is 0.336 e. The maximum absolute atomic E-state index is 12.8. The first kappa shape index (κ1) is 24.0. The van der Waals surface area contributed by atoms with E-state index in [-0.39, 0.29) is 25.0 Å². The molecule has 3 aromatic rings. The van der Waals surface area contributed by atoms with Crippen molar-refractivity contribution in [2.45, 2.75) is 39.8 Å². The molecule has 8 nitrogen and oxygen atoms in total. The molecule has 0 aliphatic heterocycles. The van der Waals surface area contributed by atoms with Crippen LogP contribution in [0.1, 0.15) is 30.5 Å². The quantitative estimate of drug-likeness (QED) is 0.491. The Morgan fingerprint density at radius 1 is 1.00 bits per heavy atom. The molecular formula is C25H29NO7. The van der Waals surface area contributed by atoms with Crippen LogP contribution in [-0.2, 0) is 17.8 Å². The summed E-state index contributed by atoms with van der Waals surface area (Å²) in [5, 5.41) is 3.69. The Hall–Kier alpha value is -3.68. The second-order valence-electron chi connectivity index (χ2n) is 7.82. The highest BCUT2D eigenvalue weighted by Crippen LogP contribution is 2.38. The molecule has 0 unspecified atom stereocenters. The molecule has 0 saturated heterocycles. The molecule has 0 aliphatic carbocycles. The summed E-state index contributed by atoms with van der Waals surface area (Å²) in [7, 11) is 4.56. The Kier molecular flexibility index (Phi) is 7.48. The molecule has 176 valence electrons. The van der Waals surface area contributed by atoms with Crippen molar-refractivity contribution in [3.63, 3.8) is 0 Å². The fourth-order valence-electron chi connectivity index (χ4n) is 3.63. The van der Waals surface area contributed by atoms with Gasteiger partial charge in [0, 0.05) is 11.5 Å². The van der Waals surface area contributed by atoms with Crippen LogP contribution in [0.4, 0.5) is 0 Å². The molecule has 1 aromatic heterocycles. The lowest BCUT2D eigenvalue weighted by atomic mass is 10.1. The van der Waals surface area contributed by atoms with Crippen LogP contribution in [0.25, 0.3) is 11.0 Å². The molecule has 0 aliphatic rings. The van der Waals surface area contributed by atoms with Gasteiger partial charge in [-0.25, -0.2) is 4.79 Å². The van der Waals surface area contributed by atoms with Crippen molar-refractivity contribution < 1.29 is 28.2 Å². The number of methoxy groups -OCH3 is 3. The van der Waals surface area contributed by atoms with Crippen LogP contribution in [0.15, 0.2) is 39.5 Å². The fraction of sp³-hybridized carbons (Fsp3) is 0.360. The second-order valence-corrected chi connectivity index (χ2v) is 7.82. The van der Waals surface area contributed by atoms with Gasteiger partial charge in [0.2, 0.25) is 11.7 Å². The Bertz CT molecular complexity index is 1190. The van der Waals surface area contributed by atoms with Crippen LogP contribution >= 0.6 is 0 Å². The molecular weight excluding hydrogens is 426 g/mol. The average molecular weight is 456 g/mol. The Labute approximate surface area is 192 Å². The van der Waals surface area contributed by atoms with Gasteiger partial charge >= 0.3 is 5.63 Å². The normalized spacial score (nSPS) is 10.9. The van der Waals surface area contributed by atoms with Crippen molar-refractivity contribution in [2.24, 2.45) is 0 Å². The summed E-state index contributed by atoms with van der Waals surface area (Å²) < 4.78 is 27.5. The minimum absolute atomic E-state index is 0.0881. The number of fused-ring (bicyclic) bond motifs is 1. The number of carbonyl (C=O) groups is 1. The van der Waals surface area contributed by atoms with Gasteiger partial charge < -0.3 is 28.7 Å². The van der Waals surface area contributed by atoms with E-state index in [1.165, 1.54) is 27.4 Å². The molecule has 1 amide bonds. The van der Waals surface area contributed by atoms with E-state index in [1.54, 1.807) is 12.1 Å². The van der Waals surface area contributed by atoms with E-state index in [2.05, 4.69) is 5.32 Å². The van der Waals surface area contributed by atoms with Crippen LogP contribution in [0.2, 0.25) is 0 Å². The van der Waals surface area contributed by atoms with Gasteiger partial charge in [-0.15, -0.1) is 0 Å². The van der Waals surface area contributed by atoms with Gasteiger partial charge in [-0.3, -0.25) is 4.79 Å². The molecule has 0 radical (unpaired) electrons. The highest BCUT2D eigenvalue weighted by Gasteiger charge is 2.18. The fourth-order valence-corrected chi connectivity index (χ4v) is 3.63. The third kappa shape index (κ3) is 5.39. The zero-order chi connectivity index (χ0) is 24.1. The lowest BCUT2D eigenvalue weighted by Gasteiger charge is -2.17. The maximum atomic E-state index is 12.8. The van der Waals surface area contributed by atoms with Crippen molar-refractivity contribution in [3.8, 4) is 23.0 Å². The Balaban J connectivity index is 1.88. The van der Waals surface area contributed by atoms with Crippen molar-refractivity contribution in [2.75, 3.05) is 21.3 Å². The molecule has 0 spiro atoms. The lowest BCUT2D eigenvalue weighted by molar-refractivity contribution is -0.120. The molecule has 0 fully saturated rings. The van der Waals surface area contributed by atoms with Crippen LogP contribution in [0.5, 0.6) is 23.0 Å². The third-order valence-corrected chi connectivity index (χ3v) is 5.09. The molecule has 2 aromatic carbocycles. The molecule has 3 rings (SSSR count). The van der Waals surface area contributed by atoms with E-state index in [0.717, 1.165) is 10.9 Å². The number of ether oxygens (including phenoxy) is 4. The summed E-state index contributed by atoms with van der Waals surface area (Å²) in [5.74, 6) is 1.73. The minimum atomic E-state index is -0.452. The van der Waals surface area contributed by atoms with Gasteiger partial charge in [0.25, 0.3) is 0 Å². The Morgan fingerprint density at radius 2 is 1.67 bits per heavy atom. The topological polar surface area (TPSA) is 96.2 Å². The van der Waals surface area contributed by atoms with E-state index < -0.39 is 5.63 Å².